The van der Waals surface area contributed by atoms with E-state index in [1.165, 1.54) is 0 Å². The Morgan fingerprint density at radius 3 is 2.65 bits per heavy atom. The lowest BCUT2D eigenvalue weighted by Crippen LogP contribution is -2.56. The second-order valence-electron chi connectivity index (χ2n) is 3.97. The van der Waals surface area contributed by atoms with Gasteiger partial charge in [-0.3, -0.25) is 4.79 Å². The lowest BCUT2D eigenvalue weighted by molar-refractivity contribution is -0.139. The number of benzene rings is 1. The van der Waals surface area contributed by atoms with Crippen molar-refractivity contribution in [3.8, 4) is 5.75 Å². The molecule has 17 heavy (non-hydrogen) atoms. The SMILES string of the molecule is O=C(CCS)N1CC(Oc2ccc(Cl)cc2)C1. The number of hydrogen-bond acceptors (Lipinski definition) is 3. The maximum Gasteiger partial charge on any atom is 0.223 e. The molecule has 5 heteroatoms. The maximum atomic E-state index is 11.5. The third-order valence-corrected chi connectivity index (χ3v) is 3.12. The third-order valence-electron chi connectivity index (χ3n) is 2.64. The molecule has 0 atom stereocenters. The fourth-order valence-corrected chi connectivity index (χ4v) is 1.99. The summed E-state index contributed by atoms with van der Waals surface area (Å²) in [5.74, 6) is 1.54. The first kappa shape index (κ1) is 12.6. The largest absolute Gasteiger partial charge is 0.487 e. The highest BCUT2D eigenvalue weighted by molar-refractivity contribution is 7.80. The molecule has 1 aliphatic heterocycles. The summed E-state index contributed by atoms with van der Waals surface area (Å²) in [6.45, 7) is 1.32. The lowest BCUT2D eigenvalue weighted by atomic mass is 10.1. The molecule has 1 amide bonds. The second kappa shape index (κ2) is 5.65. The van der Waals surface area contributed by atoms with Gasteiger partial charge in [-0.05, 0) is 30.0 Å². The minimum atomic E-state index is 0.0973. The lowest BCUT2D eigenvalue weighted by Gasteiger charge is -2.39. The van der Waals surface area contributed by atoms with Crippen molar-refractivity contribution in [3.05, 3.63) is 29.3 Å². The van der Waals surface area contributed by atoms with Crippen LogP contribution in [0.5, 0.6) is 5.75 Å². The standard InChI is InChI=1S/C12H14ClNO2S/c13-9-1-3-10(4-2-9)16-11-7-14(8-11)12(15)5-6-17/h1-4,11,17H,5-8H2. The molecule has 0 unspecified atom stereocenters. The maximum absolute atomic E-state index is 11.5. The molecule has 0 saturated carbocycles. The molecular formula is C12H14ClNO2S. The monoisotopic (exact) mass is 271 g/mol. The van der Waals surface area contributed by atoms with Gasteiger partial charge in [-0.2, -0.15) is 12.6 Å². The summed E-state index contributed by atoms with van der Waals surface area (Å²) in [7, 11) is 0. The van der Waals surface area contributed by atoms with E-state index in [-0.39, 0.29) is 12.0 Å². The van der Waals surface area contributed by atoms with Gasteiger partial charge in [-0.15, -0.1) is 0 Å². The van der Waals surface area contributed by atoms with Crippen molar-refractivity contribution in [3.63, 3.8) is 0 Å². The summed E-state index contributed by atoms with van der Waals surface area (Å²) >= 11 is 9.82. The van der Waals surface area contributed by atoms with Gasteiger partial charge in [-0.25, -0.2) is 0 Å². The first-order chi connectivity index (χ1) is 8.19. The van der Waals surface area contributed by atoms with Gasteiger partial charge in [0.05, 0.1) is 13.1 Å². The van der Waals surface area contributed by atoms with Crippen molar-refractivity contribution in [1.82, 2.24) is 4.90 Å². The zero-order valence-corrected chi connectivity index (χ0v) is 11.0. The minimum Gasteiger partial charge on any atom is -0.487 e. The summed E-state index contributed by atoms with van der Waals surface area (Å²) in [6, 6.07) is 7.25. The number of ether oxygens (including phenoxy) is 1. The fourth-order valence-electron chi connectivity index (χ4n) is 1.68. The first-order valence-electron chi connectivity index (χ1n) is 5.50. The Morgan fingerprint density at radius 2 is 2.06 bits per heavy atom. The molecule has 1 aromatic rings. The number of carbonyl (C=O) groups excluding carboxylic acids is 1. The number of amides is 1. The topological polar surface area (TPSA) is 29.5 Å². The van der Waals surface area contributed by atoms with Crippen LogP contribution in [0.4, 0.5) is 0 Å². The average Bonchev–Trinajstić information content (AvgIpc) is 2.25. The van der Waals surface area contributed by atoms with E-state index in [1.54, 1.807) is 17.0 Å². The number of rotatable bonds is 4. The van der Waals surface area contributed by atoms with Crippen molar-refractivity contribution < 1.29 is 9.53 Å². The summed E-state index contributed by atoms with van der Waals surface area (Å²) in [5.41, 5.74) is 0. The highest BCUT2D eigenvalue weighted by Gasteiger charge is 2.31. The van der Waals surface area contributed by atoms with Gasteiger partial charge in [0.15, 0.2) is 0 Å². The van der Waals surface area contributed by atoms with Crippen LogP contribution in [0.1, 0.15) is 6.42 Å². The molecule has 1 saturated heterocycles. The molecule has 0 radical (unpaired) electrons. The number of nitrogens with zero attached hydrogens (tertiary/aromatic N) is 1. The van der Waals surface area contributed by atoms with Crippen LogP contribution in [-0.2, 0) is 4.79 Å². The zero-order valence-electron chi connectivity index (χ0n) is 9.30. The van der Waals surface area contributed by atoms with Crippen molar-refractivity contribution in [2.45, 2.75) is 12.5 Å². The molecule has 0 aromatic heterocycles. The van der Waals surface area contributed by atoms with Crippen LogP contribution in [0.15, 0.2) is 24.3 Å². The quantitative estimate of drug-likeness (QED) is 0.852. The van der Waals surface area contributed by atoms with E-state index >= 15 is 0 Å². The molecule has 0 spiro atoms. The molecule has 1 fully saturated rings. The van der Waals surface area contributed by atoms with E-state index < -0.39 is 0 Å². The van der Waals surface area contributed by atoms with E-state index in [0.717, 1.165) is 5.75 Å². The van der Waals surface area contributed by atoms with Crippen molar-refractivity contribution in [2.75, 3.05) is 18.8 Å². The summed E-state index contributed by atoms with van der Waals surface area (Å²) in [5, 5.41) is 0.691. The normalized spacial score (nSPS) is 15.5. The van der Waals surface area contributed by atoms with Crippen LogP contribution in [0, 0.1) is 0 Å². The van der Waals surface area contributed by atoms with Crippen LogP contribution in [-0.4, -0.2) is 35.8 Å². The van der Waals surface area contributed by atoms with E-state index in [2.05, 4.69) is 12.6 Å². The minimum absolute atomic E-state index is 0.0973. The Bertz CT molecular complexity index is 390. The van der Waals surface area contributed by atoms with Gasteiger partial charge < -0.3 is 9.64 Å². The Balaban J connectivity index is 1.77. The molecule has 3 nitrogen and oxygen atoms in total. The summed E-state index contributed by atoms with van der Waals surface area (Å²) in [4.78, 5) is 13.3. The van der Waals surface area contributed by atoms with Crippen molar-refractivity contribution >= 4 is 30.1 Å². The molecule has 1 aromatic carbocycles. The molecule has 2 rings (SSSR count). The van der Waals surface area contributed by atoms with E-state index in [1.807, 2.05) is 12.1 Å². The van der Waals surface area contributed by atoms with Gasteiger partial charge in [-0.1, -0.05) is 11.6 Å². The molecule has 0 aliphatic carbocycles. The Hall–Kier alpha value is -0.870. The Kier molecular flexibility index (Phi) is 4.18. The van der Waals surface area contributed by atoms with Crippen LogP contribution in [0.25, 0.3) is 0 Å². The third kappa shape index (κ3) is 3.30. The number of hydrogen-bond donors (Lipinski definition) is 1. The van der Waals surface area contributed by atoms with Gasteiger partial charge >= 0.3 is 0 Å². The zero-order chi connectivity index (χ0) is 12.3. The summed E-state index contributed by atoms with van der Waals surface area (Å²) < 4.78 is 5.69. The van der Waals surface area contributed by atoms with E-state index in [9.17, 15) is 4.79 Å². The van der Waals surface area contributed by atoms with Crippen molar-refractivity contribution in [2.24, 2.45) is 0 Å². The van der Waals surface area contributed by atoms with Gasteiger partial charge in [0.2, 0.25) is 5.91 Å². The number of thiol groups is 1. The van der Waals surface area contributed by atoms with E-state index in [4.69, 9.17) is 16.3 Å². The molecule has 92 valence electrons. The number of halogens is 1. The van der Waals surface area contributed by atoms with Crippen molar-refractivity contribution in [1.29, 1.82) is 0 Å². The predicted molar refractivity (Wildman–Crippen MR) is 70.9 cm³/mol. The average molecular weight is 272 g/mol. The highest BCUT2D eigenvalue weighted by atomic mass is 35.5. The van der Waals surface area contributed by atoms with E-state index in [0.29, 0.717) is 30.3 Å². The second-order valence-corrected chi connectivity index (χ2v) is 4.85. The van der Waals surface area contributed by atoms with Crippen LogP contribution in [0.2, 0.25) is 5.02 Å². The Labute approximate surface area is 111 Å². The van der Waals surface area contributed by atoms with Gasteiger partial charge in [0.25, 0.3) is 0 Å². The summed E-state index contributed by atoms with van der Waals surface area (Å²) in [6.07, 6.45) is 0.594. The van der Waals surface area contributed by atoms with Gasteiger partial charge in [0.1, 0.15) is 11.9 Å². The first-order valence-corrected chi connectivity index (χ1v) is 6.51. The smallest absolute Gasteiger partial charge is 0.223 e. The number of carbonyl (C=O) groups is 1. The highest BCUT2D eigenvalue weighted by Crippen LogP contribution is 2.20. The van der Waals surface area contributed by atoms with Crippen LogP contribution >= 0.6 is 24.2 Å². The molecule has 1 aliphatic rings. The fraction of sp³-hybridized carbons (Fsp3) is 0.417. The molecule has 0 bridgehead atoms. The van der Waals surface area contributed by atoms with Crippen LogP contribution in [0.3, 0.4) is 0 Å². The molecular weight excluding hydrogens is 258 g/mol. The molecule has 1 heterocycles. The van der Waals surface area contributed by atoms with Crippen LogP contribution < -0.4 is 4.74 Å². The van der Waals surface area contributed by atoms with Gasteiger partial charge in [0, 0.05) is 11.4 Å². The number of likely N-dealkylation sites (tertiary alicyclic amines) is 1. The predicted octanol–water partition coefficient (Wildman–Crippen LogP) is 2.25. The Morgan fingerprint density at radius 1 is 1.41 bits per heavy atom. The molecule has 0 N–H and O–H groups in total.